The van der Waals surface area contributed by atoms with Crippen LogP contribution in [0.15, 0.2) is 83.7 Å². The van der Waals surface area contributed by atoms with E-state index in [1.807, 2.05) is 0 Å². The van der Waals surface area contributed by atoms with Crippen LogP contribution in [0.3, 0.4) is 0 Å². The lowest BCUT2D eigenvalue weighted by Gasteiger charge is -2.24. The number of primary sulfonamides is 1. The lowest BCUT2D eigenvalue weighted by atomic mass is 9.98. The van der Waals surface area contributed by atoms with Gasteiger partial charge in [0.15, 0.2) is 0 Å². The van der Waals surface area contributed by atoms with Gasteiger partial charge in [-0.1, -0.05) is 6.07 Å². The van der Waals surface area contributed by atoms with Gasteiger partial charge in [-0.2, -0.15) is 0 Å². The maximum absolute atomic E-state index is 13.0. The Bertz CT molecular complexity index is 1290. The van der Waals surface area contributed by atoms with E-state index in [0.717, 1.165) is 0 Å². The molecule has 9 nitrogen and oxygen atoms in total. The molecule has 0 bridgehead atoms. The normalized spacial score (nSPS) is 18.4. The topological polar surface area (TPSA) is 144 Å². The summed E-state index contributed by atoms with van der Waals surface area (Å²) in [5, 5.41) is 16.0. The van der Waals surface area contributed by atoms with Crippen LogP contribution < -0.4 is 10.0 Å². The third-order valence-electron chi connectivity index (χ3n) is 4.81. The number of ketones is 1. The van der Waals surface area contributed by atoms with Gasteiger partial charge in [-0.15, -0.1) is 0 Å². The Labute approximate surface area is 177 Å². The number of anilines is 1. The van der Waals surface area contributed by atoms with E-state index in [-0.39, 0.29) is 21.9 Å². The highest BCUT2D eigenvalue weighted by molar-refractivity contribution is 7.89. The minimum absolute atomic E-state index is 0.134. The van der Waals surface area contributed by atoms with Crippen molar-refractivity contribution < 1.29 is 23.1 Å². The molecule has 3 N–H and O–H groups in total. The molecule has 0 radical (unpaired) electrons. The Morgan fingerprint density at radius 2 is 1.65 bits per heavy atom. The molecule has 0 aliphatic carbocycles. The Balaban J connectivity index is 1.91. The first-order chi connectivity index (χ1) is 14.8. The number of pyridine rings is 2. The third-order valence-corrected chi connectivity index (χ3v) is 5.74. The number of aliphatic hydroxyl groups is 1. The monoisotopic (exact) mass is 436 g/mol. The van der Waals surface area contributed by atoms with Crippen LogP contribution in [0.25, 0.3) is 5.76 Å². The number of sulfonamides is 1. The zero-order chi connectivity index (χ0) is 22.2. The van der Waals surface area contributed by atoms with Crippen molar-refractivity contribution in [3.05, 3.63) is 90.0 Å². The molecule has 1 fully saturated rings. The minimum atomic E-state index is -3.93. The van der Waals surface area contributed by atoms with Crippen LogP contribution >= 0.6 is 0 Å². The first-order valence-electron chi connectivity index (χ1n) is 9.04. The van der Waals surface area contributed by atoms with E-state index in [1.165, 1.54) is 59.9 Å². The molecule has 1 aromatic carbocycles. The van der Waals surface area contributed by atoms with Gasteiger partial charge in [-0.05, 0) is 48.5 Å². The standard InChI is InChI=1S/C21H16N4O5S/c22-31(29,30)15-6-4-14(5-7-15)25-18(16-3-1-2-10-24-16)17(20(27)21(25)28)19(26)13-8-11-23-12-9-13/h1-12,18,26H,(H2,22,29,30)/b19-17+. The quantitative estimate of drug-likeness (QED) is 0.360. The summed E-state index contributed by atoms with van der Waals surface area (Å²) < 4.78 is 23.1. The predicted octanol–water partition coefficient (Wildman–Crippen LogP) is 1.75. The average Bonchev–Trinajstić information content (AvgIpc) is 3.04. The number of aliphatic hydroxyl groups excluding tert-OH is 1. The molecule has 10 heteroatoms. The van der Waals surface area contributed by atoms with E-state index in [9.17, 15) is 23.1 Å². The van der Waals surface area contributed by atoms with Crippen molar-refractivity contribution >= 4 is 33.2 Å². The molecule has 1 amide bonds. The van der Waals surface area contributed by atoms with Gasteiger partial charge in [0.2, 0.25) is 10.0 Å². The molecule has 1 aliphatic rings. The number of carbonyl (C=O) groups excluding carboxylic acids is 2. The average molecular weight is 436 g/mol. The first kappa shape index (κ1) is 20.4. The molecule has 1 unspecified atom stereocenters. The molecule has 31 heavy (non-hydrogen) atoms. The summed E-state index contributed by atoms with van der Waals surface area (Å²) in [7, 11) is -3.93. The van der Waals surface area contributed by atoms with Gasteiger partial charge < -0.3 is 5.11 Å². The lowest BCUT2D eigenvalue weighted by molar-refractivity contribution is -0.132. The molecule has 1 saturated heterocycles. The summed E-state index contributed by atoms with van der Waals surface area (Å²) in [6.07, 6.45) is 4.41. The van der Waals surface area contributed by atoms with Crippen LogP contribution in [-0.2, 0) is 19.6 Å². The number of hydrogen-bond donors (Lipinski definition) is 2. The van der Waals surface area contributed by atoms with Crippen molar-refractivity contribution in [2.45, 2.75) is 10.9 Å². The van der Waals surface area contributed by atoms with E-state index in [2.05, 4.69) is 9.97 Å². The second-order valence-electron chi connectivity index (χ2n) is 6.70. The molecule has 1 aliphatic heterocycles. The largest absolute Gasteiger partial charge is 0.507 e. The summed E-state index contributed by atoms with van der Waals surface area (Å²) >= 11 is 0. The molecule has 2 aromatic heterocycles. The molecule has 3 heterocycles. The van der Waals surface area contributed by atoms with Gasteiger partial charge in [0.05, 0.1) is 16.2 Å². The SMILES string of the molecule is NS(=O)(=O)c1ccc(N2C(=O)C(=O)/C(=C(/O)c3ccncc3)C2c2ccccn2)cc1. The van der Waals surface area contributed by atoms with Crippen molar-refractivity contribution in [3.8, 4) is 0 Å². The number of nitrogens with zero attached hydrogens (tertiary/aromatic N) is 3. The zero-order valence-electron chi connectivity index (χ0n) is 15.9. The highest BCUT2D eigenvalue weighted by atomic mass is 32.2. The van der Waals surface area contributed by atoms with Crippen LogP contribution in [0.5, 0.6) is 0 Å². The van der Waals surface area contributed by atoms with E-state index in [0.29, 0.717) is 11.3 Å². The van der Waals surface area contributed by atoms with E-state index in [1.54, 1.807) is 18.2 Å². The number of amides is 1. The van der Waals surface area contributed by atoms with Crippen molar-refractivity contribution in [3.63, 3.8) is 0 Å². The summed E-state index contributed by atoms with van der Waals surface area (Å²) in [4.78, 5) is 35.1. The molecular formula is C21H16N4O5S. The van der Waals surface area contributed by atoms with Crippen LogP contribution in [-0.4, -0.2) is 35.2 Å². The number of hydrogen-bond acceptors (Lipinski definition) is 7. The van der Waals surface area contributed by atoms with E-state index >= 15 is 0 Å². The fourth-order valence-electron chi connectivity index (χ4n) is 3.38. The van der Waals surface area contributed by atoms with Crippen molar-refractivity contribution in [2.75, 3.05) is 4.90 Å². The molecule has 0 saturated carbocycles. The number of benzene rings is 1. The van der Waals surface area contributed by atoms with Gasteiger partial charge in [0.25, 0.3) is 11.7 Å². The molecule has 4 rings (SSSR count). The Hall–Kier alpha value is -3.89. The molecule has 3 aromatic rings. The highest BCUT2D eigenvalue weighted by Gasteiger charge is 2.47. The van der Waals surface area contributed by atoms with E-state index in [4.69, 9.17) is 5.14 Å². The number of aromatic nitrogens is 2. The lowest BCUT2D eigenvalue weighted by Crippen LogP contribution is -2.29. The fraction of sp³-hybridized carbons (Fsp3) is 0.0476. The summed E-state index contributed by atoms with van der Waals surface area (Å²) in [5.74, 6) is -2.13. The Morgan fingerprint density at radius 3 is 2.23 bits per heavy atom. The highest BCUT2D eigenvalue weighted by Crippen LogP contribution is 2.41. The van der Waals surface area contributed by atoms with Gasteiger partial charge >= 0.3 is 0 Å². The molecular weight excluding hydrogens is 420 g/mol. The van der Waals surface area contributed by atoms with Crippen LogP contribution in [0.4, 0.5) is 5.69 Å². The van der Waals surface area contributed by atoms with Gasteiger partial charge in [0.1, 0.15) is 11.8 Å². The number of nitrogens with two attached hydrogens (primary N) is 1. The molecule has 156 valence electrons. The maximum Gasteiger partial charge on any atom is 0.300 e. The maximum atomic E-state index is 13.0. The Morgan fingerprint density at radius 1 is 0.968 bits per heavy atom. The smallest absolute Gasteiger partial charge is 0.300 e. The van der Waals surface area contributed by atoms with Crippen molar-refractivity contribution in [1.82, 2.24) is 9.97 Å². The number of Topliss-reactive ketones (excluding diaryl/α,β-unsaturated/α-hetero) is 1. The second-order valence-corrected chi connectivity index (χ2v) is 8.26. The summed E-state index contributed by atoms with van der Waals surface area (Å²) in [6.45, 7) is 0. The molecule has 1 atom stereocenters. The van der Waals surface area contributed by atoms with E-state index < -0.39 is 27.8 Å². The van der Waals surface area contributed by atoms with Gasteiger partial charge in [-0.25, -0.2) is 13.6 Å². The van der Waals surface area contributed by atoms with Crippen molar-refractivity contribution in [1.29, 1.82) is 0 Å². The fourth-order valence-corrected chi connectivity index (χ4v) is 3.89. The first-order valence-corrected chi connectivity index (χ1v) is 10.6. The van der Waals surface area contributed by atoms with Gasteiger partial charge in [-0.3, -0.25) is 24.5 Å². The van der Waals surface area contributed by atoms with Crippen LogP contribution in [0.2, 0.25) is 0 Å². The summed E-state index contributed by atoms with van der Waals surface area (Å²) in [5.41, 5.74) is 0.788. The molecule has 0 spiro atoms. The predicted molar refractivity (Wildman–Crippen MR) is 111 cm³/mol. The van der Waals surface area contributed by atoms with Gasteiger partial charge in [0, 0.05) is 29.8 Å². The van der Waals surface area contributed by atoms with Crippen LogP contribution in [0.1, 0.15) is 17.3 Å². The third kappa shape index (κ3) is 3.69. The second kappa shape index (κ2) is 7.74. The zero-order valence-corrected chi connectivity index (χ0v) is 16.7. The number of carbonyl (C=O) groups is 2. The number of rotatable bonds is 4. The Kier molecular flexibility index (Phi) is 5.09. The summed E-state index contributed by atoms with van der Waals surface area (Å²) in [6, 6.07) is 12.2. The minimum Gasteiger partial charge on any atom is -0.507 e. The van der Waals surface area contributed by atoms with Crippen LogP contribution in [0, 0.1) is 0 Å². The van der Waals surface area contributed by atoms with Crippen molar-refractivity contribution in [2.24, 2.45) is 5.14 Å².